The average molecular weight is 235 g/mol. The zero-order valence-corrected chi connectivity index (χ0v) is 10.6. The number of β-amino-alcohol motifs (C(OH)–C–C–N with tert-alkyl or cyclic N) is 1. The molecule has 1 fully saturated rings. The number of hydrogen-bond donors (Lipinski definition) is 1. The minimum absolute atomic E-state index is 0.232. The van der Waals surface area contributed by atoms with Gasteiger partial charge in [-0.3, -0.25) is 9.88 Å². The molecule has 17 heavy (non-hydrogen) atoms. The number of aliphatic hydroxyl groups excluding tert-OH is 1. The fourth-order valence-electron chi connectivity index (χ4n) is 2.29. The summed E-state index contributed by atoms with van der Waals surface area (Å²) < 4.78 is 0. The predicted octanol–water partition coefficient (Wildman–Crippen LogP) is 0.893. The third-order valence-electron chi connectivity index (χ3n) is 3.14. The van der Waals surface area contributed by atoms with Crippen molar-refractivity contribution in [2.75, 3.05) is 37.6 Å². The second-order valence-corrected chi connectivity index (χ2v) is 4.79. The number of aryl methyl sites for hydroxylation is 1. The Morgan fingerprint density at radius 1 is 1.35 bits per heavy atom. The van der Waals surface area contributed by atoms with Crippen LogP contribution in [0.2, 0.25) is 0 Å². The van der Waals surface area contributed by atoms with Crippen molar-refractivity contribution < 1.29 is 5.11 Å². The molecule has 1 aliphatic heterocycles. The van der Waals surface area contributed by atoms with E-state index in [-0.39, 0.29) is 6.10 Å². The zero-order chi connectivity index (χ0) is 12.3. The molecule has 0 radical (unpaired) electrons. The van der Waals surface area contributed by atoms with E-state index in [0.29, 0.717) is 0 Å². The molecule has 1 aromatic rings. The molecule has 0 saturated carbocycles. The highest BCUT2D eigenvalue weighted by atomic mass is 16.3. The van der Waals surface area contributed by atoms with E-state index in [2.05, 4.69) is 26.9 Å². The molecular formula is C13H21N3O. The smallest absolute Gasteiger partial charge is 0.0639 e. The summed E-state index contributed by atoms with van der Waals surface area (Å²) in [5.41, 5.74) is 2.32. The fraction of sp³-hybridized carbons (Fsp3) is 0.615. The van der Waals surface area contributed by atoms with Gasteiger partial charge in [-0.1, -0.05) is 0 Å². The van der Waals surface area contributed by atoms with E-state index in [1.807, 2.05) is 20.0 Å². The summed E-state index contributed by atoms with van der Waals surface area (Å²) in [6.45, 7) is 8.74. The van der Waals surface area contributed by atoms with Crippen LogP contribution in [0.1, 0.15) is 12.6 Å². The lowest BCUT2D eigenvalue weighted by Crippen LogP contribution is -2.48. The Labute approximate surface area is 103 Å². The van der Waals surface area contributed by atoms with Crippen LogP contribution in [0, 0.1) is 6.92 Å². The van der Waals surface area contributed by atoms with E-state index in [1.165, 1.54) is 5.69 Å². The van der Waals surface area contributed by atoms with E-state index in [4.69, 9.17) is 0 Å². The van der Waals surface area contributed by atoms with Crippen LogP contribution >= 0.6 is 0 Å². The average Bonchev–Trinajstić information content (AvgIpc) is 2.29. The highest BCUT2D eigenvalue weighted by Gasteiger charge is 2.18. The molecule has 1 atom stereocenters. The first-order valence-corrected chi connectivity index (χ1v) is 6.23. The Morgan fingerprint density at radius 3 is 2.65 bits per heavy atom. The zero-order valence-electron chi connectivity index (χ0n) is 10.6. The van der Waals surface area contributed by atoms with Gasteiger partial charge in [-0.15, -0.1) is 0 Å². The molecule has 1 aliphatic rings. The molecule has 2 heterocycles. The highest BCUT2D eigenvalue weighted by molar-refractivity contribution is 5.46. The number of aromatic nitrogens is 1. The van der Waals surface area contributed by atoms with Crippen molar-refractivity contribution in [3.05, 3.63) is 24.0 Å². The molecule has 4 nitrogen and oxygen atoms in total. The number of pyridine rings is 1. The van der Waals surface area contributed by atoms with Crippen LogP contribution in [0.15, 0.2) is 18.3 Å². The van der Waals surface area contributed by atoms with Crippen molar-refractivity contribution >= 4 is 5.69 Å². The summed E-state index contributed by atoms with van der Waals surface area (Å²) in [6.07, 6.45) is 1.64. The first kappa shape index (κ1) is 12.3. The molecule has 0 aliphatic carbocycles. The van der Waals surface area contributed by atoms with E-state index in [0.717, 1.165) is 38.4 Å². The first-order chi connectivity index (χ1) is 8.15. The Kier molecular flexibility index (Phi) is 3.97. The van der Waals surface area contributed by atoms with Gasteiger partial charge in [0.05, 0.1) is 6.10 Å². The molecule has 94 valence electrons. The van der Waals surface area contributed by atoms with Gasteiger partial charge in [0, 0.05) is 50.3 Å². The second-order valence-electron chi connectivity index (χ2n) is 4.79. The van der Waals surface area contributed by atoms with Crippen LogP contribution in [-0.2, 0) is 0 Å². The van der Waals surface area contributed by atoms with Gasteiger partial charge in [0.1, 0.15) is 0 Å². The van der Waals surface area contributed by atoms with E-state index < -0.39 is 0 Å². The van der Waals surface area contributed by atoms with Gasteiger partial charge in [0.2, 0.25) is 0 Å². The van der Waals surface area contributed by atoms with Crippen molar-refractivity contribution in [2.24, 2.45) is 0 Å². The van der Waals surface area contributed by atoms with Crippen molar-refractivity contribution in [2.45, 2.75) is 20.0 Å². The molecule has 1 saturated heterocycles. The minimum Gasteiger partial charge on any atom is -0.392 e. The van der Waals surface area contributed by atoms with E-state index in [1.54, 1.807) is 0 Å². The van der Waals surface area contributed by atoms with Crippen LogP contribution < -0.4 is 4.90 Å². The van der Waals surface area contributed by atoms with Gasteiger partial charge in [0.15, 0.2) is 0 Å². The van der Waals surface area contributed by atoms with Crippen molar-refractivity contribution in [1.29, 1.82) is 0 Å². The third kappa shape index (κ3) is 3.41. The van der Waals surface area contributed by atoms with Crippen molar-refractivity contribution in [1.82, 2.24) is 9.88 Å². The topological polar surface area (TPSA) is 39.6 Å². The van der Waals surface area contributed by atoms with E-state index >= 15 is 0 Å². The number of nitrogens with zero attached hydrogens (tertiary/aromatic N) is 3. The normalized spacial score (nSPS) is 19.4. The standard InChI is InChI=1S/C13H21N3O/c1-11-9-13(3-4-14-11)16-7-5-15(6-8-16)10-12(2)17/h3-4,9,12,17H,5-8,10H2,1-2H3. The first-order valence-electron chi connectivity index (χ1n) is 6.23. The molecule has 0 aromatic carbocycles. The van der Waals surface area contributed by atoms with Crippen LogP contribution in [0.3, 0.4) is 0 Å². The summed E-state index contributed by atoms with van der Waals surface area (Å²) in [5.74, 6) is 0. The second kappa shape index (κ2) is 5.47. The Balaban J connectivity index is 1.91. The third-order valence-corrected chi connectivity index (χ3v) is 3.14. The SMILES string of the molecule is Cc1cc(N2CCN(CC(C)O)CC2)ccn1. The maximum absolute atomic E-state index is 9.36. The maximum atomic E-state index is 9.36. The maximum Gasteiger partial charge on any atom is 0.0639 e. The number of anilines is 1. The highest BCUT2D eigenvalue weighted by Crippen LogP contribution is 2.16. The lowest BCUT2D eigenvalue weighted by molar-refractivity contribution is 0.123. The Hall–Kier alpha value is -1.13. The number of hydrogen-bond acceptors (Lipinski definition) is 4. The minimum atomic E-state index is -0.232. The molecule has 0 bridgehead atoms. The summed E-state index contributed by atoms with van der Waals surface area (Å²) in [6, 6.07) is 4.20. The van der Waals surface area contributed by atoms with Gasteiger partial charge < -0.3 is 10.0 Å². The fourth-order valence-corrected chi connectivity index (χ4v) is 2.29. The summed E-state index contributed by atoms with van der Waals surface area (Å²) in [5, 5.41) is 9.36. The molecule has 0 amide bonds. The largest absolute Gasteiger partial charge is 0.392 e. The molecule has 1 N–H and O–H groups in total. The molecule has 1 aromatic heterocycles. The van der Waals surface area contributed by atoms with Crippen LogP contribution in [0.25, 0.3) is 0 Å². The number of rotatable bonds is 3. The van der Waals surface area contributed by atoms with Crippen LogP contribution in [0.4, 0.5) is 5.69 Å². The van der Waals surface area contributed by atoms with E-state index in [9.17, 15) is 5.11 Å². The number of piperazine rings is 1. The molecule has 1 unspecified atom stereocenters. The van der Waals surface area contributed by atoms with Gasteiger partial charge in [-0.25, -0.2) is 0 Å². The van der Waals surface area contributed by atoms with Gasteiger partial charge in [0.25, 0.3) is 0 Å². The van der Waals surface area contributed by atoms with Gasteiger partial charge in [-0.05, 0) is 26.0 Å². The molecular weight excluding hydrogens is 214 g/mol. The van der Waals surface area contributed by atoms with Crippen LogP contribution in [0.5, 0.6) is 0 Å². The van der Waals surface area contributed by atoms with Gasteiger partial charge in [-0.2, -0.15) is 0 Å². The monoisotopic (exact) mass is 235 g/mol. The Bertz CT molecular complexity index is 359. The molecule has 2 rings (SSSR count). The quantitative estimate of drug-likeness (QED) is 0.844. The lowest BCUT2D eigenvalue weighted by atomic mass is 10.2. The molecule has 0 spiro atoms. The van der Waals surface area contributed by atoms with Crippen molar-refractivity contribution in [3.63, 3.8) is 0 Å². The van der Waals surface area contributed by atoms with Crippen molar-refractivity contribution in [3.8, 4) is 0 Å². The predicted molar refractivity (Wildman–Crippen MR) is 69.3 cm³/mol. The lowest BCUT2D eigenvalue weighted by Gasteiger charge is -2.36. The summed E-state index contributed by atoms with van der Waals surface area (Å²) in [4.78, 5) is 8.92. The number of aliphatic hydroxyl groups is 1. The summed E-state index contributed by atoms with van der Waals surface area (Å²) >= 11 is 0. The molecule has 4 heteroatoms. The summed E-state index contributed by atoms with van der Waals surface area (Å²) in [7, 11) is 0. The van der Waals surface area contributed by atoms with Crippen LogP contribution in [-0.4, -0.2) is 53.8 Å². The Morgan fingerprint density at radius 2 is 2.06 bits per heavy atom. The van der Waals surface area contributed by atoms with Gasteiger partial charge >= 0.3 is 0 Å².